The van der Waals surface area contributed by atoms with Gasteiger partial charge in [0.2, 0.25) is 10.0 Å². The van der Waals surface area contributed by atoms with Crippen LogP contribution in [0.25, 0.3) is 0 Å². The SMILES string of the molecule is O=C(Nc1ccc(F)cc1Cl)c1cccc(S(=O)(=O)N2CCN(c3ccccc3)CC2)c1. The van der Waals surface area contributed by atoms with E-state index in [0.717, 1.165) is 11.8 Å². The van der Waals surface area contributed by atoms with Gasteiger partial charge in [0.15, 0.2) is 0 Å². The van der Waals surface area contributed by atoms with Crippen molar-refractivity contribution in [2.45, 2.75) is 4.90 Å². The molecular weight excluding hydrogens is 453 g/mol. The minimum Gasteiger partial charge on any atom is -0.369 e. The molecule has 0 atom stereocenters. The van der Waals surface area contributed by atoms with E-state index in [1.807, 2.05) is 30.3 Å². The number of piperazine rings is 1. The summed E-state index contributed by atoms with van der Waals surface area (Å²) in [7, 11) is -3.76. The highest BCUT2D eigenvalue weighted by Gasteiger charge is 2.29. The van der Waals surface area contributed by atoms with Gasteiger partial charge in [0.1, 0.15) is 5.82 Å². The molecule has 0 aromatic heterocycles. The predicted octanol–water partition coefficient (Wildman–Crippen LogP) is 4.24. The number of hydrogen-bond acceptors (Lipinski definition) is 4. The van der Waals surface area contributed by atoms with E-state index >= 15 is 0 Å². The first-order chi connectivity index (χ1) is 15.3. The summed E-state index contributed by atoms with van der Waals surface area (Å²) in [5.41, 5.74) is 1.46. The maximum absolute atomic E-state index is 13.2. The quantitative estimate of drug-likeness (QED) is 0.601. The van der Waals surface area contributed by atoms with Gasteiger partial charge in [-0.3, -0.25) is 4.79 Å². The van der Waals surface area contributed by atoms with Crippen LogP contribution in [0.5, 0.6) is 0 Å². The van der Waals surface area contributed by atoms with E-state index in [-0.39, 0.29) is 21.2 Å². The number of halogens is 2. The van der Waals surface area contributed by atoms with Crippen LogP contribution in [0.1, 0.15) is 10.4 Å². The molecule has 1 aliphatic heterocycles. The minimum atomic E-state index is -3.76. The van der Waals surface area contributed by atoms with Crippen LogP contribution in [0.2, 0.25) is 5.02 Å². The monoisotopic (exact) mass is 473 g/mol. The summed E-state index contributed by atoms with van der Waals surface area (Å²) in [6, 6.07) is 19.3. The third kappa shape index (κ3) is 4.77. The highest BCUT2D eigenvalue weighted by atomic mass is 35.5. The number of hydrogen-bond donors (Lipinski definition) is 1. The lowest BCUT2D eigenvalue weighted by Gasteiger charge is -2.35. The average molecular weight is 474 g/mol. The molecule has 1 heterocycles. The van der Waals surface area contributed by atoms with Gasteiger partial charge < -0.3 is 10.2 Å². The zero-order chi connectivity index (χ0) is 22.7. The molecule has 1 aliphatic rings. The maximum Gasteiger partial charge on any atom is 0.255 e. The summed E-state index contributed by atoms with van der Waals surface area (Å²) in [5.74, 6) is -1.06. The Morgan fingerprint density at radius 3 is 2.31 bits per heavy atom. The van der Waals surface area contributed by atoms with Crippen molar-refractivity contribution in [3.8, 4) is 0 Å². The third-order valence-corrected chi connectivity index (χ3v) is 7.48. The van der Waals surface area contributed by atoms with Gasteiger partial charge in [0.05, 0.1) is 15.6 Å². The van der Waals surface area contributed by atoms with Gasteiger partial charge in [-0.15, -0.1) is 0 Å². The second-order valence-electron chi connectivity index (χ2n) is 7.33. The smallest absolute Gasteiger partial charge is 0.255 e. The molecular formula is C23H21ClFN3O3S. The van der Waals surface area contributed by atoms with Gasteiger partial charge in [-0.25, -0.2) is 12.8 Å². The molecule has 0 unspecified atom stereocenters. The first kappa shape index (κ1) is 22.3. The number of nitrogens with one attached hydrogen (secondary N) is 1. The molecule has 0 bridgehead atoms. The third-order valence-electron chi connectivity index (χ3n) is 5.27. The van der Waals surface area contributed by atoms with E-state index < -0.39 is 21.7 Å². The Hall–Kier alpha value is -2.94. The average Bonchev–Trinajstić information content (AvgIpc) is 2.81. The highest BCUT2D eigenvalue weighted by Crippen LogP contribution is 2.25. The molecule has 0 radical (unpaired) electrons. The van der Waals surface area contributed by atoms with E-state index in [9.17, 15) is 17.6 Å². The highest BCUT2D eigenvalue weighted by molar-refractivity contribution is 7.89. The van der Waals surface area contributed by atoms with Gasteiger partial charge in [-0.1, -0.05) is 35.9 Å². The van der Waals surface area contributed by atoms with Crippen LogP contribution in [0.4, 0.5) is 15.8 Å². The second kappa shape index (κ2) is 9.28. The number of carbonyl (C=O) groups is 1. The van der Waals surface area contributed by atoms with E-state index in [1.54, 1.807) is 0 Å². The van der Waals surface area contributed by atoms with E-state index in [0.29, 0.717) is 26.2 Å². The topological polar surface area (TPSA) is 69.7 Å². The predicted molar refractivity (Wildman–Crippen MR) is 123 cm³/mol. The molecule has 0 aliphatic carbocycles. The van der Waals surface area contributed by atoms with E-state index in [4.69, 9.17) is 11.6 Å². The van der Waals surface area contributed by atoms with Crippen molar-refractivity contribution in [2.75, 3.05) is 36.4 Å². The lowest BCUT2D eigenvalue weighted by molar-refractivity contribution is 0.102. The maximum atomic E-state index is 13.2. The number of rotatable bonds is 5. The van der Waals surface area contributed by atoms with Gasteiger partial charge in [-0.2, -0.15) is 4.31 Å². The Morgan fingerprint density at radius 1 is 0.906 bits per heavy atom. The number of sulfonamides is 1. The summed E-state index contributed by atoms with van der Waals surface area (Å²) in [5, 5.41) is 2.64. The summed E-state index contributed by atoms with van der Waals surface area (Å²) in [4.78, 5) is 14.8. The number of benzene rings is 3. The van der Waals surface area contributed by atoms with E-state index in [1.165, 1.54) is 40.7 Å². The largest absolute Gasteiger partial charge is 0.369 e. The Morgan fingerprint density at radius 2 is 1.62 bits per heavy atom. The van der Waals surface area contributed by atoms with Crippen LogP contribution in [-0.2, 0) is 10.0 Å². The first-order valence-electron chi connectivity index (χ1n) is 10.0. The molecule has 1 amide bonds. The molecule has 1 saturated heterocycles. The van der Waals surface area contributed by atoms with Crippen molar-refractivity contribution in [1.29, 1.82) is 0 Å². The van der Waals surface area contributed by atoms with Crippen LogP contribution in [0, 0.1) is 5.82 Å². The van der Waals surface area contributed by atoms with Crippen molar-refractivity contribution >= 4 is 38.9 Å². The molecule has 3 aromatic carbocycles. The molecule has 9 heteroatoms. The minimum absolute atomic E-state index is 0.0449. The second-order valence-corrected chi connectivity index (χ2v) is 9.68. The number of amides is 1. The van der Waals surface area contributed by atoms with Crippen molar-refractivity contribution in [1.82, 2.24) is 4.31 Å². The first-order valence-corrected chi connectivity index (χ1v) is 11.8. The Balaban J connectivity index is 1.48. The fourth-order valence-electron chi connectivity index (χ4n) is 3.56. The zero-order valence-electron chi connectivity index (χ0n) is 17.0. The Bertz CT molecular complexity index is 1230. The summed E-state index contributed by atoms with van der Waals surface area (Å²) >= 11 is 5.96. The van der Waals surface area contributed by atoms with Crippen molar-refractivity contribution in [3.63, 3.8) is 0 Å². The number of nitrogens with zero attached hydrogens (tertiary/aromatic N) is 2. The van der Waals surface area contributed by atoms with Crippen molar-refractivity contribution < 1.29 is 17.6 Å². The molecule has 166 valence electrons. The van der Waals surface area contributed by atoms with Crippen molar-refractivity contribution in [2.24, 2.45) is 0 Å². The molecule has 4 rings (SSSR count). The molecule has 6 nitrogen and oxygen atoms in total. The van der Waals surface area contributed by atoms with Crippen LogP contribution >= 0.6 is 11.6 Å². The molecule has 32 heavy (non-hydrogen) atoms. The lowest BCUT2D eigenvalue weighted by Crippen LogP contribution is -2.48. The number of anilines is 2. The molecule has 1 N–H and O–H groups in total. The Kier molecular flexibility index (Phi) is 6.45. The zero-order valence-corrected chi connectivity index (χ0v) is 18.6. The van der Waals surface area contributed by atoms with Crippen LogP contribution in [0.3, 0.4) is 0 Å². The van der Waals surface area contributed by atoms with Crippen LogP contribution in [-0.4, -0.2) is 44.8 Å². The van der Waals surface area contributed by atoms with Gasteiger partial charge >= 0.3 is 0 Å². The summed E-state index contributed by atoms with van der Waals surface area (Å²) in [6.07, 6.45) is 0. The van der Waals surface area contributed by atoms with Crippen LogP contribution < -0.4 is 10.2 Å². The molecule has 0 spiro atoms. The summed E-state index contributed by atoms with van der Waals surface area (Å²) < 4.78 is 41.0. The Labute approximate surface area is 191 Å². The number of para-hydroxylation sites is 1. The standard InChI is InChI=1S/C23H21ClFN3O3S/c24-21-16-18(25)9-10-22(21)26-23(29)17-5-4-8-20(15-17)32(30,31)28-13-11-27(12-14-28)19-6-2-1-3-7-19/h1-10,15-16H,11-14H2,(H,26,29). The van der Waals surface area contributed by atoms with Gasteiger partial charge in [0, 0.05) is 37.4 Å². The van der Waals surface area contributed by atoms with Gasteiger partial charge in [0.25, 0.3) is 5.91 Å². The fourth-order valence-corrected chi connectivity index (χ4v) is 5.24. The molecule has 0 saturated carbocycles. The normalized spacial score (nSPS) is 14.9. The van der Waals surface area contributed by atoms with Gasteiger partial charge in [-0.05, 0) is 48.5 Å². The van der Waals surface area contributed by atoms with E-state index in [2.05, 4.69) is 10.2 Å². The van der Waals surface area contributed by atoms with Crippen molar-refractivity contribution in [3.05, 3.63) is 89.2 Å². The molecule has 3 aromatic rings. The summed E-state index contributed by atoms with van der Waals surface area (Å²) in [6.45, 7) is 1.84. The number of carbonyl (C=O) groups excluding carboxylic acids is 1. The fraction of sp³-hybridized carbons (Fsp3) is 0.174. The lowest BCUT2D eigenvalue weighted by atomic mass is 10.2. The van der Waals surface area contributed by atoms with Crippen LogP contribution in [0.15, 0.2) is 77.7 Å². The molecule has 1 fully saturated rings.